The van der Waals surface area contributed by atoms with E-state index in [9.17, 15) is 17.2 Å². The van der Waals surface area contributed by atoms with Gasteiger partial charge in [-0.05, 0) is 25.0 Å². The van der Waals surface area contributed by atoms with E-state index in [1.54, 1.807) is 7.11 Å². The van der Waals surface area contributed by atoms with Crippen molar-refractivity contribution in [2.45, 2.75) is 29.9 Å². The molecule has 0 aliphatic carbocycles. The summed E-state index contributed by atoms with van der Waals surface area (Å²) in [6, 6.07) is 2.44. The Balaban J connectivity index is 0.00000242. The first kappa shape index (κ1) is 19.2. The van der Waals surface area contributed by atoms with Gasteiger partial charge >= 0.3 is 0 Å². The number of rotatable bonds is 4. The van der Waals surface area contributed by atoms with Gasteiger partial charge in [0, 0.05) is 26.2 Å². The first-order chi connectivity index (χ1) is 9.91. The number of hydrogen-bond donors (Lipinski definition) is 1. The van der Waals surface area contributed by atoms with Crippen LogP contribution >= 0.6 is 12.4 Å². The molecule has 1 aliphatic heterocycles. The molecule has 22 heavy (non-hydrogen) atoms. The largest absolute Gasteiger partial charge is 0.381 e. The fraction of sp³-hybridized carbons (Fsp3) is 0.538. The zero-order valence-corrected chi connectivity index (χ0v) is 13.7. The Labute approximate surface area is 134 Å². The number of halogens is 3. The molecule has 0 saturated carbocycles. The first-order valence-corrected chi connectivity index (χ1v) is 8.04. The number of piperidine rings is 1. The normalized spacial score (nSPS) is 23.1. The third-order valence-corrected chi connectivity index (χ3v) is 5.71. The van der Waals surface area contributed by atoms with E-state index < -0.39 is 32.6 Å². The molecule has 1 saturated heterocycles. The maximum absolute atomic E-state index is 13.8. The van der Waals surface area contributed by atoms with Gasteiger partial charge in [-0.2, -0.15) is 4.31 Å². The van der Waals surface area contributed by atoms with Crippen LogP contribution in [-0.4, -0.2) is 45.1 Å². The van der Waals surface area contributed by atoms with Crippen molar-refractivity contribution in [3.63, 3.8) is 0 Å². The van der Waals surface area contributed by atoms with Crippen molar-refractivity contribution in [2.75, 3.05) is 20.2 Å². The summed E-state index contributed by atoms with van der Waals surface area (Å²) in [6.45, 7) is 0.186. The van der Waals surface area contributed by atoms with Crippen LogP contribution in [0.15, 0.2) is 23.1 Å². The van der Waals surface area contributed by atoms with Crippen LogP contribution in [0.2, 0.25) is 0 Å². The highest BCUT2D eigenvalue weighted by Crippen LogP contribution is 2.29. The van der Waals surface area contributed by atoms with Crippen LogP contribution < -0.4 is 5.73 Å². The van der Waals surface area contributed by atoms with Crippen molar-refractivity contribution in [1.29, 1.82) is 0 Å². The van der Waals surface area contributed by atoms with E-state index in [0.717, 1.165) is 22.5 Å². The highest BCUT2D eigenvalue weighted by molar-refractivity contribution is 7.89. The second kappa shape index (κ2) is 7.65. The summed E-state index contributed by atoms with van der Waals surface area (Å²) in [7, 11) is -2.73. The zero-order chi connectivity index (χ0) is 15.6. The molecule has 1 fully saturated rings. The third-order valence-electron chi connectivity index (χ3n) is 3.70. The molecule has 1 aromatic rings. The van der Waals surface area contributed by atoms with Crippen molar-refractivity contribution in [2.24, 2.45) is 5.73 Å². The lowest BCUT2D eigenvalue weighted by Gasteiger charge is -2.37. The molecule has 0 bridgehead atoms. The molecule has 0 amide bonds. The Bertz CT molecular complexity index is 595. The Hall–Kier alpha value is -0.800. The van der Waals surface area contributed by atoms with Crippen LogP contribution in [0.4, 0.5) is 8.78 Å². The van der Waals surface area contributed by atoms with E-state index in [4.69, 9.17) is 10.5 Å². The average Bonchev–Trinajstić information content (AvgIpc) is 2.46. The summed E-state index contributed by atoms with van der Waals surface area (Å²) in [6.07, 6.45) is 0.764. The summed E-state index contributed by atoms with van der Waals surface area (Å²) < 4.78 is 58.9. The van der Waals surface area contributed by atoms with E-state index in [1.807, 2.05) is 0 Å². The summed E-state index contributed by atoms with van der Waals surface area (Å²) in [5.41, 5.74) is 5.61. The Morgan fingerprint density at radius 3 is 2.45 bits per heavy atom. The second-order valence-electron chi connectivity index (χ2n) is 4.94. The van der Waals surface area contributed by atoms with Crippen molar-refractivity contribution < 1.29 is 21.9 Å². The van der Waals surface area contributed by atoms with E-state index in [0.29, 0.717) is 12.8 Å². The van der Waals surface area contributed by atoms with Gasteiger partial charge in [-0.15, -0.1) is 12.4 Å². The molecule has 2 rings (SSSR count). The molecule has 2 N–H and O–H groups in total. The number of nitrogens with two attached hydrogens (primary N) is 1. The molecule has 0 radical (unpaired) electrons. The van der Waals surface area contributed by atoms with Gasteiger partial charge in [-0.3, -0.25) is 0 Å². The average molecular weight is 357 g/mol. The van der Waals surface area contributed by atoms with E-state index in [-0.39, 0.29) is 31.6 Å². The van der Waals surface area contributed by atoms with Crippen LogP contribution in [0.5, 0.6) is 0 Å². The fourth-order valence-electron chi connectivity index (χ4n) is 2.58. The Kier molecular flexibility index (Phi) is 6.69. The SMILES string of the molecule is COC1CCN(S(=O)(=O)c2c(F)cccc2F)C(CN)C1.Cl. The fourth-order valence-corrected chi connectivity index (χ4v) is 4.36. The van der Waals surface area contributed by atoms with Crippen molar-refractivity contribution in [1.82, 2.24) is 4.31 Å². The molecule has 0 aromatic heterocycles. The summed E-state index contributed by atoms with van der Waals surface area (Å²) in [5, 5.41) is 0. The van der Waals surface area contributed by atoms with Gasteiger partial charge in [-0.1, -0.05) is 6.07 Å². The van der Waals surface area contributed by atoms with Gasteiger partial charge in [0.25, 0.3) is 0 Å². The van der Waals surface area contributed by atoms with Crippen LogP contribution in [0, 0.1) is 11.6 Å². The van der Waals surface area contributed by atoms with Crippen LogP contribution in [-0.2, 0) is 14.8 Å². The number of benzene rings is 1. The summed E-state index contributed by atoms with van der Waals surface area (Å²) in [4.78, 5) is -0.917. The van der Waals surface area contributed by atoms with E-state index >= 15 is 0 Å². The number of ether oxygens (including phenoxy) is 1. The monoisotopic (exact) mass is 356 g/mol. The maximum atomic E-state index is 13.8. The quantitative estimate of drug-likeness (QED) is 0.887. The van der Waals surface area contributed by atoms with Gasteiger partial charge in [0.15, 0.2) is 4.90 Å². The van der Waals surface area contributed by atoms with Crippen molar-refractivity contribution in [3.8, 4) is 0 Å². The molecular formula is C13H19ClF2N2O3S. The maximum Gasteiger partial charge on any atom is 0.249 e. The lowest BCUT2D eigenvalue weighted by atomic mass is 10.0. The van der Waals surface area contributed by atoms with Crippen LogP contribution in [0.3, 0.4) is 0 Å². The van der Waals surface area contributed by atoms with Gasteiger partial charge < -0.3 is 10.5 Å². The lowest BCUT2D eigenvalue weighted by molar-refractivity contribution is 0.0400. The van der Waals surface area contributed by atoms with Crippen molar-refractivity contribution >= 4 is 22.4 Å². The Morgan fingerprint density at radius 1 is 1.36 bits per heavy atom. The standard InChI is InChI=1S/C13H18F2N2O3S.ClH/c1-20-10-5-6-17(9(7-10)8-16)21(18,19)13-11(14)3-2-4-12(13)15;/h2-4,9-10H,5-8,16H2,1H3;1H. The van der Waals surface area contributed by atoms with Gasteiger partial charge in [0.2, 0.25) is 10.0 Å². The third kappa shape index (κ3) is 3.57. The number of sulfonamides is 1. The molecular weight excluding hydrogens is 338 g/mol. The molecule has 2 atom stereocenters. The highest BCUT2D eigenvalue weighted by Gasteiger charge is 2.38. The van der Waals surface area contributed by atoms with E-state index in [2.05, 4.69) is 0 Å². The molecule has 1 heterocycles. The number of methoxy groups -OCH3 is 1. The van der Waals surface area contributed by atoms with Crippen LogP contribution in [0.1, 0.15) is 12.8 Å². The predicted molar refractivity (Wildman–Crippen MR) is 80.4 cm³/mol. The molecule has 5 nitrogen and oxygen atoms in total. The molecule has 126 valence electrons. The van der Waals surface area contributed by atoms with Gasteiger partial charge in [-0.25, -0.2) is 17.2 Å². The molecule has 1 aliphatic rings. The molecule has 0 spiro atoms. The van der Waals surface area contributed by atoms with Gasteiger partial charge in [0.1, 0.15) is 11.6 Å². The predicted octanol–water partition coefficient (Wildman–Crippen LogP) is 1.51. The summed E-state index contributed by atoms with van der Waals surface area (Å²) >= 11 is 0. The second-order valence-corrected chi connectivity index (χ2v) is 6.77. The van der Waals surface area contributed by atoms with E-state index in [1.165, 1.54) is 0 Å². The molecule has 9 heteroatoms. The minimum atomic E-state index is -4.27. The first-order valence-electron chi connectivity index (χ1n) is 6.60. The zero-order valence-electron chi connectivity index (χ0n) is 12.0. The number of nitrogens with zero attached hydrogens (tertiary/aromatic N) is 1. The lowest BCUT2D eigenvalue weighted by Crippen LogP contribution is -2.51. The smallest absolute Gasteiger partial charge is 0.249 e. The number of hydrogen-bond acceptors (Lipinski definition) is 4. The van der Waals surface area contributed by atoms with Crippen LogP contribution in [0.25, 0.3) is 0 Å². The molecule has 2 unspecified atom stereocenters. The van der Waals surface area contributed by atoms with Gasteiger partial charge in [0.05, 0.1) is 6.10 Å². The topological polar surface area (TPSA) is 72.6 Å². The minimum Gasteiger partial charge on any atom is -0.381 e. The minimum absolute atomic E-state index is 0. The molecule has 1 aromatic carbocycles. The highest BCUT2D eigenvalue weighted by atomic mass is 35.5. The Morgan fingerprint density at radius 2 is 1.95 bits per heavy atom. The van der Waals surface area contributed by atoms with Crippen molar-refractivity contribution in [3.05, 3.63) is 29.8 Å². The summed E-state index contributed by atoms with van der Waals surface area (Å²) in [5.74, 6) is -2.20.